The van der Waals surface area contributed by atoms with E-state index in [-0.39, 0.29) is 5.54 Å². The lowest BCUT2D eigenvalue weighted by Crippen LogP contribution is -2.50. The van der Waals surface area contributed by atoms with E-state index in [1.807, 2.05) is 0 Å². The highest BCUT2D eigenvalue weighted by Crippen LogP contribution is 2.29. The van der Waals surface area contributed by atoms with Crippen molar-refractivity contribution in [2.24, 2.45) is 0 Å². The van der Waals surface area contributed by atoms with Crippen molar-refractivity contribution in [3.63, 3.8) is 0 Å². The molecule has 0 bridgehead atoms. The van der Waals surface area contributed by atoms with E-state index in [4.69, 9.17) is 4.74 Å². The second-order valence-electron chi connectivity index (χ2n) is 5.15. The Bertz CT molecular complexity index is 171. The molecule has 1 saturated heterocycles. The average molecular weight is 199 g/mol. The van der Waals surface area contributed by atoms with Gasteiger partial charge in [0, 0.05) is 18.7 Å². The van der Waals surface area contributed by atoms with E-state index in [1.54, 1.807) is 0 Å². The smallest absolute Gasteiger partial charge is 0.0771 e. The van der Waals surface area contributed by atoms with Crippen molar-refractivity contribution in [3.8, 4) is 0 Å². The summed E-state index contributed by atoms with van der Waals surface area (Å²) in [7, 11) is 0. The summed E-state index contributed by atoms with van der Waals surface area (Å²) in [5.41, 5.74) is -0.343. The number of nitrogens with one attached hydrogen (secondary N) is 1. The van der Waals surface area contributed by atoms with Gasteiger partial charge in [0.1, 0.15) is 0 Å². The highest BCUT2D eigenvalue weighted by molar-refractivity contribution is 4.93. The molecule has 1 aliphatic carbocycles. The predicted molar refractivity (Wildman–Crippen MR) is 55.3 cm³/mol. The minimum atomic E-state index is -0.439. The Labute approximate surface area is 85.8 Å². The van der Waals surface area contributed by atoms with Gasteiger partial charge in [0.05, 0.1) is 12.2 Å². The molecule has 1 saturated carbocycles. The van der Waals surface area contributed by atoms with Gasteiger partial charge in [-0.25, -0.2) is 0 Å². The van der Waals surface area contributed by atoms with Gasteiger partial charge >= 0.3 is 0 Å². The van der Waals surface area contributed by atoms with Crippen LogP contribution >= 0.6 is 0 Å². The van der Waals surface area contributed by atoms with E-state index in [0.717, 1.165) is 39.0 Å². The Morgan fingerprint density at radius 2 is 2.00 bits per heavy atom. The molecule has 1 heterocycles. The zero-order chi connectivity index (χ0) is 10.1. The second-order valence-corrected chi connectivity index (χ2v) is 5.15. The number of hydrogen-bond donors (Lipinski definition) is 2. The SMILES string of the molecule is CC1(NCC2(O)CCCC2)CCOC1. The van der Waals surface area contributed by atoms with Crippen LogP contribution in [0.3, 0.4) is 0 Å². The standard InChI is InChI=1S/C11H21NO2/c1-10(6-7-14-9-10)12-8-11(13)4-2-3-5-11/h12-13H,2-9H2,1H3. The number of β-amino-alcohol motifs (C(OH)–C–C–N with tert-alkyl or cyclic N) is 1. The average Bonchev–Trinajstić information content (AvgIpc) is 2.74. The van der Waals surface area contributed by atoms with Gasteiger partial charge in [0.25, 0.3) is 0 Å². The van der Waals surface area contributed by atoms with Gasteiger partial charge < -0.3 is 15.2 Å². The van der Waals surface area contributed by atoms with Crippen molar-refractivity contribution in [1.82, 2.24) is 5.32 Å². The second kappa shape index (κ2) is 3.80. The van der Waals surface area contributed by atoms with Crippen LogP contribution < -0.4 is 5.32 Å². The van der Waals surface area contributed by atoms with E-state index in [2.05, 4.69) is 12.2 Å². The van der Waals surface area contributed by atoms with Crippen LogP contribution in [0, 0.1) is 0 Å². The highest BCUT2D eigenvalue weighted by Gasteiger charge is 2.35. The van der Waals surface area contributed by atoms with Crippen LogP contribution in [-0.4, -0.2) is 36.0 Å². The van der Waals surface area contributed by atoms with Gasteiger partial charge in [-0.3, -0.25) is 0 Å². The summed E-state index contributed by atoms with van der Waals surface area (Å²) < 4.78 is 5.36. The fourth-order valence-corrected chi connectivity index (χ4v) is 2.39. The lowest BCUT2D eigenvalue weighted by molar-refractivity contribution is 0.0381. The summed E-state index contributed by atoms with van der Waals surface area (Å²) in [6.07, 6.45) is 5.31. The van der Waals surface area contributed by atoms with Crippen LogP contribution in [0.25, 0.3) is 0 Å². The summed E-state index contributed by atoms with van der Waals surface area (Å²) in [6.45, 7) is 4.54. The highest BCUT2D eigenvalue weighted by atomic mass is 16.5. The molecule has 1 unspecified atom stereocenters. The molecule has 14 heavy (non-hydrogen) atoms. The third kappa shape index (κ3) is 2.27. The maximum atomic E-state index is 10.2. The Hall–Kier alpha value is -0.120. The largest absolute Gasteiger partial charge is 0.389 e. The van der Waals surface area contributed by atoms with Crippen molar-refractivity contribution >= 4 is 0 Å². The van der Waals surface area contributed by atoms with E-state index in [0.29, 0.717) is 0 Å². The van der Waals surface area contributed by atoms with Gasteiger partial charge in [-0.05, 0) is 26.2 Å². The summed E-state index contributed by atoms with van der Waals surface area (Å²) in [6, 6.07) is 0. The van der Waals surface area contributed by atoms with Gasteiger partial charge in [0.2, 0.25) is 0 Å². The molecule has 1 aliphatic heterocycles. The Kier molecular flexibility index (Phi) is 2.82. The first kappa shape index (κ1) is 10.4. The fourth-order valence-electron chi connectivity index (χ4n) is 2.39. The van der Waals surface area contributed by atoms with Crippen molar-refractivity contribution in [1.29, 1.82) is 0 Å². The summed E-state index contributed by atoms with van der Waals surface area (Å²) in [4.78, 5) is 0. The van der Waals surface area contributed by atoms with E-state index in [9.17, 15) is 5.11 Å². The first-order chi connectivity index (χ1) is 6.62. The first-order valence-corrected chi connectivity index (χ1v) is 5.67. The molecule has 3 nitrogen and oxygen atoms in total. The van der Waals surface area contributed by atoms with Crippen LogP contribution in [0.5, 0.6) is 0 Å². The molecule has 2 aliphatic rings. The van der Waals surface area contributed by atoms with Gasteiger partial charge in [-0.2, -0.15) is 0 Å². The summed E-state index contributed by atoms with van der Waals surface area (Å²) in [5.74, 6) is 0. The normalized spacial score (nSPS) is 36.4. The number of rotatable bonds is 3. The zero-order valence-electron chi connectivity index (χ0n) is 9.01. The molecule has 0 aromatic carbocycles. The van der Waals surface area contributed by atoms with Crippen molar-refractivity contribution in [3.05, 3.63) is 0 Å². The van der Waals surface area contributed by atoms with Gasteiger partial charge in [-0.15, -0.1) is 0 Å². The molecule has 2 rings (SSSR count). The molecule has 2 N–H and O–H groups in total. The molecular formula is C11H21NO2. The maximum absolute atomic E-state index is 10.2. The van der Waals surface area contributed by atoms with Crippen LogP contribution in [0.15, 0.2) is 0 Å². The summed E-state index contributed by atoms with van der Waals surface area (Å²) in [5, 5.41) is 13.6. The lowest BCUT2D eigenvalue weighted by Gasteiger charge is -2.30. The van der Waals surface area contributed by atoms with Crippen molar-refractivity contribution < 1.29 is 9.84 Å². The monoisotopic (exact) mass is 199 g/mol. The Morgan fingerprint density at radius 3 is 2.57 bits per heavy atom. The van der Waals surface area contributed by atoms with E-state index < -0.39 is 5.60 Å². The Morgan fingerprint density at radius 1 is 1.29 bits per heavy atom. The zero-order valence-corrected chi connectivity index (χ0v) is 9.01. The number of aliphatic hydroxyl groups is 1. The molecule has 2 fully saturated rings. The quantitative estimate of drug-likeness (QED) is 0.714. The van der Waals surface area contributed by atoms with Crippen LogP contribution in [-0.2, 0) is 4.74 Å². The van der Waals surface area contributed by atoms with Crippen LogP contribution in [0.1, 0.15) is 39.0 Å². The topological polar surface area (TPSA) is 41.5 Å². The minimum absolute atomic E-state index is 0.0956. The number of ether oxygens (including phenoxy) is 1. The lowest BCUT2D eigenvalue weighted by atomic mass is 9.97. The third-order valence-corrected chi connectivity index (χ3v) is 3.60. The molecule has 0 aromatic heterocycles. The maximum Gasteiger partial charge on any atom is 0.0771 e. The molecule has 0 aromatic rings. The fraction of sp³-hybridized carbons (Fsp3) is 1.00. The molecule has 3 heteroatoms. The summed E-state index contributed by atoms with van der Waals surface area (Å²) >= 11 is 0. The van der Waals surface area contributed by atoms with E-state index in [1.165, 1.54) is 12.8 Å². The molecular weight excluding hydrogens is 178 g/mol. The molecule has 0 radical (unpaired) electrons. The van der Waals surface area contributed by atoms with Crippen LogP contribution in [0.2, 0.25) is 0 Å². The molecule has 0 amide bonds. The van der Waals surface area contributed by atoms with Crippen LogP contribution in [0.4, 0.5) is 0 Å². The minimum Gasteiger partial charge on any atom is -0.389 e. The van der Waals surface area contributed by atoms with Gasteiger partial charge in [0.15, 0.2) is 0 Å². The first-order valence-electron chi connectivity index (χ1n) is 5.67. The van der Waals surface area contributed by atoms with Crippen molar-refractivity contribution in [2.75, 3.05) is 19.8 Å². The number of hydrogen-bond acceptors (Lipinski definition) is 3. The molecule has 0 spiro atoms. The molecule has 1 atom stereocenters. The van der Waals surface area contributed by atoms with Gasteiger partial charge in [-0.1, -0.05) is 12.8 Å². The molecule has 82 valence electrons. The third-order valence-electron chi connectivity index (χ3n) is 3.60. The Balaban J connectivity index is 1.80. The van der Waals surface area contributed by atoms with Crippen molar-refractivity contribution in [2.45, 2.75) is 50.2 Å². The predicted octanol–water partition coefficient (Wildman–Crippen LogP) is 1.06. The van der Waals surface area contributed by atoms with E-state index >= 15 is 0 Å².